The minimum atomic E-state index is -0.0149. The molecule has 4 rings (SSSR count). The van der Waals surface area contributed by atoms with Gasteiger partial charge in [-0.3, -0.25) is 9.98 Å². The van der Waals surface area contributed by atoms with Crippen molar-refractivity contribution in [2.75, 3.05) is 13.6 Å². The van der Waals surface area contributed by atoms with Crippen molar-refractivity contribution in [2.24, 2.45) is 4.99 Å². The lowest BCUT2D eigenvalue weighted by Gasteiger charge is -2.40. The predicted octanol–water partition coefficient (Wildman–Crippen LogP) is 3.93. The number of hydrogen-bond acceptors (Lipinski definition) is 3. The summed E-state index contributed by atoms with van der Waals surface area (Å²) in [7, 11) is 1.84. The Kier molecular flexibility index (Phi) is 5.51. The smallest absolute Gasteiger partial charge is 0.191 e. The van der Waals surface area contributed by atoms with Crippen molar-refractivity contribution in [1.82, 2.24) is 15.6 Å². The third-order valence-electron chi connectivity index (χ3n) is 6.07. The van der Waals surface area contributed by atoms with E-state index in [9.17, 15) is 0 Å². The van der Waals surface area contributed by atoms with Crippen LogP contribution in [0.1, 0.15) is 54.8 Å². The molecule has 1 atom stereocenters. The first-order valence-corrected chi connectivity index (χ1v) is 10.3. The normalized spacial score (nSPS) is 20.5. The van der Waals surface area contributed by atoms with Crippen LogP contribution in [0.2, 0.25) is 0 Å². The highest BCUT2D eigenvalue weighted by molar-refractivity contribution is 5.80. The van der Waals surface area contributed by atoms with Crippen molar-refractivity contribution in [3.63, 3.8) is 0 Å². The zero-order valence-electron chi connectivity index (χ0n) is 16.9. The number of guanidine groups is 1. The molecule has 5 nitrogen and oxygen atoms in total. The van der Waals surface area contributed by atoms with Gasteiger partial charge in [0.1, 0.15) is 11.4 Å². The van der Waals surface area contributed by atoms with Crippen molar-refractivity contribution < 1.29 is 4.74 Å². The Morgan fingerprint density at radius 1 is 1.25 bits per heavy atom. The van der Waals surface area contributed by atoms with Crippen LogP contribution in [0.3, 0.4) is 0 Å². The quantitative estimate of drug-likeness (QED) is 0.625. The van der Waals surface area contributed by atoms with Crippen LogP contribution >= 0.6 is 0 Å². The highest BCUT2D eigenvalue weighted by atomic mass is 16.5. The largest absolute Gasteiger partial charge is 0.487 e. The zero-order valence-corrected chi connectivity index (χ0v) is 16.9. The van der Waals surface area contributed by atoms with E-state index in [4.69, 9.17) is 4.74 Å². The molecular formula is C23H30N4O. The number of fused-ring (bicyclic) bond motifs is 1. The van der Waals surface area contributed by atoms with Crippen molar-refractivity contribution in [3.05, 3.63) is 59.4 Å². The summed E-state index contributed by atoms with van der Waals surface area (Å²) in [5.74, 6) is 1.87. The van der Waals surface area contributed by atoms with E-state index in [0.717, 1.165) is 43.9 Å². The van der Waals surface area contributed by atoms with E-state index in [-0.39, 0.29) is 11.6 Å². The van der Waals surface area contributed by atoms with Gasteiger partial charge in [-0.15, -0.1) is 0 Å². The van der Waals surface area contributed by atoms with Gasteiger partial charge in [0.2, 0.25) is 0 Å². The SMILES string of the molecule is CN=C(NCCc1ccncc1C)NC1CC2(CCCC2)Oc2ccccc21. The van der Waals surface area contributed by atoms with Crippen LogP contribution in [0.5, 0.6) is 5.75 Å². The van der Waals surface area contributed by atoms with Gasteiger partial charge in [0.15, 0.2) is 5.96 Å². The van der Waals surface area contributed by atoms with E-state index in [1.807, 2.05) is 19.4 Å². The lowest BCUT2D eigenvalue weighted by molar-refractivity contribution is 0.0396. The molecule has 1 spiro atoms. The summed E-state index contributed by atoms with van der Waals surface area (Å²) in [5.41, 5.74) is 3.76. The summed E-state index contributed by atoms with van der Waals surface area (Å²) in [6.45, 7) is 2.94. The highest BCUT2D eigenvalue weighted by Gasteiger charge is 2.43. The highest BCUT2D eigenvalue weighted by Crippen LogP contribution is 2.46. The molecule has 5 heteroatoms. The van der Waals surface area contributed by atoms with E-state index in [1.54, 1.807) is 0 Å². The minimum Gasteiger partial charge on any atom is -0.487 e. The Balaban J connectivity index is 1.43. The number of para-hydroxylation sites is 1. The molecule has 0 amide bonds. The molecule has 28 heavy (non-hydrogen) atoms. The Labute approximate surface area is 167 Å². The fraction of sp³-hybridized carbons (Fsp3) is 0.478. The Morgan fingerprint density at radius 2 is 2.07 bits per heavy atom. The first-order valence-electron chi connectivity index (χ1n) is 10.3. The molecule has 1 aromatic carbocycles. The molecule has 2 heterocycles. The average molecular weight is 379 g/mol. The van der Waals surface area contributed by atoms with Crippen LogP contribution in [0.15, 0.2) is 47.7 Å². The van der Waals surface area contributed by atoms with Gasteiger partial charge in [-0.25, -0.2) is 0 Å². The van der Waals surface area contributed by atoms with Crippen molar-refractivity contribution >= 4 is 5.96 Å². The van der Waals surface area contributed by atoms with Crippen molar-refractivity contribution in [1.29, 1.82) is 0 Å². The van der Waals surface area contributed by atoms with Crippen molar-refractivity contribution in [3.8, 4) is 5.75 Å². The number of nitrogens with one attached hydrogen (secondary N) is 2. The number of aromatic nitrogens is 1. The van der Waals surface area contributed by atoms with E-state index >= 15 is 0 Å². The standard InChI is InChI=1S/C23H30N4O/c1-17-16-25-13-9-18(17)10-14-26-22(24-2)27-20-15-23(11-5-6-12-23)28-21-8-4-3-7-19(20)21/h3-4,7-9,13,16,20H,5-6,10-12,14-15H2,1-2H3,(H2,24,26,27). The topological polar surface area (TPSA) is 58.5 Å². The number of pyridine rings is 1. The second kappa shape index (κ2) is 8.21. The first kappa shape index (κ1) is 18.8. The molecule has 1 aliphatic carbocycles. The number of hydrogen-bond donors (Lipinski definition) is 2. The van der Waals surface area contributed by atoms with Gasteiger partial charge in [-0.05, 0) is 62.3 Å². The molecule has 0 bridgehead atoms. The third kappa shape index (κ3) is 3.98. The first-order chi connectivity index (χ1) is 13.7. The summed E-state index contributed by atoms with van der Waals surface area (Å²) >= 11 is 0. The van der Waals surface area contributed by atoms with E-state index in [1.165, 1.54) is 29.5 Å². The third-order valence-corrected chi connectivity index (χ3v) is 6.07. The van der Waals surface area contributed by atoms with Gasteiger partial charge in [0.05, 0.1) is 6.04 Å². The summed E-state index contributed by atoms with van der Waals surface area (Å²) in [4.78, 5) is 8.63. The maximum Gasteiger partial charge on any atom is 0.191 e. The molecule has 148 valence electrons. The number of aryl methyl sites for hydroxylation is 1. The summed E-state index contributed by atoms with van der Waals surface area (Å²) < 4.78 is 6.47. The van der Waals surface area contributed by atoms with Gasteiger partial charge < -0.3 is 15.4 Å². The second-order valence-electron chi connectivity index (χ2n) is 7.98. The van der Waals surface area contributed by atoms with Gasteiger partial charge in [-0.2, -0.15) is 0 Å². The molecule has 2 N–H and O–H groups in total. The van der Waals surface area contributed by atoms with Crippen LogP contribution in [0.4, 0.5) is 0 Å². The molecule has 1 saturated carbocycles. The molecule has 2 aliphatic rings. The molecule has 0 radical (unpaired) electrons. The molecule has 1 unspecified atom stereocenters. The Hall–Kier alpha value is -2.56. The van der Waals surface area contributed by atoms with E-state index in [0.29, 0.717) is 0 Å². The number of ether oxygens (including phenoxy) is 1. The second-order valence-corrected chi connectivity index (χ2v) is 7.98. The zero-order chi connectivity index (χ0) is 19.4. The van der Waals surface area contributed by atoms with Crippen LogP contribution in [-0.2, 0) is 6.42 Å². The summed E-state index contributed by atoms with van der Waals surface area (Å²) in [6, 6.07) is 10.7. The molecule has 2 aromatic rings. The number of aliphatic imine (C=N–C) groups is 1. The van der Waals surface area contributed by atoms with Gasteiger partial charge in [-0.1, -0.05) is 18.2 Å². The van der Waals surface area contributed by atoms with Crippen LogP contribution in [0.25, 0.3) is 0 Å². The number of benzene rings is 1. The maximum atomic E-state index is 6.47. The van der Waals surface area contributed by atoms with Crippen LogP contribution < -0.4 is 15.4 Å². The lowest BCUT2D eigenvalue weighted by Crippen LogP contribution is -2.47. The van der Waals surface area contributed by atoms with Crippen molar-refractivity contribution in [2.45, 2.75) is 57.1 Å². The average Bonchev–Trinajstić information content (AvgIpc) is 3.15. The Morgan fingerprint density at radius 3 is 2.86 bits per heavy atom. The molecular weight excluding hydrogens is 348 g/mol. The minimum absolute atomic E-state index is 0.0149. The van der Waals surface area contributed by atoms with Gasteiger partial charge >= 0.3 is 0 Å². The predicted molar refractivity (Wildman–Crippen MR) is 113 cm³/mol. The van der Waals surface area contributed by atoms with Crippen LogP contribution in [-0.4, -0.2) is 30.1 Å². The monoisotopic (exact) mass is 378 g/mol. The number of rotatable bonds is 4. The number of nitrogens with zero attached hydrogens (tertiary/aromatic N) is 2. The van der Waals surface area contributed by atoms with Gasteiger partial charge in [0.25, 0.3) is 0 Å². The summed E-state index contributed by atoms with van der Waals surface area (Å²) in [6.07, 6.45) is 10.5. The Bertz CT molecular complexity index is 842. The fourth-order valence-corrected chi connectivity index (χ4v) is 4.53. The molecule has 1 aromatic heterocycles. The van der Waals surface area contributed by atoms with E-state index < -0.39 is 0 Å². The summed E-state index contributed by atoms with van der Waals surface area (Å²) in [5, 5.41) is 7.14. The fourth-order valence-electron chi connectivity index (χ4n) is 4.53. The molecule has 1 fully saturated rings. The molecule has 0 saturated heterocycles. The van der Waals surface area contributed by atoms with Gasteiger partial charge in [0, 0.05) is 38.0 Å². The lowest BCUT2D eigenvalue weighted by atomic mass is 9.86. The molecule has 1 aliphatic heterocycles. The van der Waals surface area contributed by atoms with E-state index in [2.05, 4.69) is 57.9 Å². The maximum absolute atomic E-state index is 6.47. The van der Waals surface area contributed by atoms with Crippen LogP contribution in [0, 0.1) is 6.92 Å².